The number of rotatable bonds is 6. The fourth-order valence-corrected chi connectivity index (χ4v) is 3.30. The number of carbonyl (C=O) groups is 1. The number of nitrogens with zero attached hydrogens (tertiary/aromatic N) is 7. The molecule has 32 heavy (non-hydrogen) atoms. The zero-order valence-electron chi connectivity index (χ0n) is 17.8. The van der Waals surface area contributed by atoms with E-state index in [1.165, 1.54) is 0 Å². The van der Waals surface area contributed by atoms with Crippen LogP contribution >= 0.6 is 11.6 Å². The molecule has 1 N–H and O–H groups in total. The Morgan fingerprint density at radius 2 is 1.91 bits per heavy atom. The van der Waals surface area contributed by atoms with Gasteiger partial charge in [-0.25, -0.2) is 0 Å². The van der Waals surface area contributed by atoms with E-state index in [2.05, 4.69) is 35.8 Å². The minimum Gasteiger partial charge on any atom is -0.344 e. The van der Waals surface area contributed by atoms with E-state index in [9.17, 15) is 4.79 Å². The molecule has 4 rings (SSSR count). The van der Waals surface area contributed by atoms with Gasteiger partial charge in [-0.1, -0.05) is 25.4 Å². The normalized spacial score (nSPS) is 12.0. The van der Waals surface area contributed by atoms with Crippen LogP contribution < -0.4 is 5.32 Å². The fraction of sp³-hybridized carbons (Fsp3) is 0.227. The fourth-order valence-electron chi connectivity index (χ4n) is 3.19. The molecule has 0 radical (unpaired) electrons. The Morgan fingerprint density at radius 3 is 2.59 bits per heavy atom. The van der Waals surface area contributed by atoms with Gasteiger partial charge in [0.05, 0.1) is 34.3 Å². The first-order valence-electron chi connectivity index (χ1n) is 10.0. The van der Waals surface area contributed by atoms with Crippen LogP contribution in [0.2, 0.25) is 5.02 Å². The van der Waals surface area contributed by atoms with Crippen LogP contribution in [0, 0.1) is 0 Å². The minimum absolute atomic E-state index is 0.0938. The molecule has 1 amide bonds. The topological polar surface area (TPSA) is 111 Å². The van der Waals surface area contributed by atoms with Crippen molar-refractivity contribution >= 4 is 17.5 Å². The van der Waals surface area contributed by atoms with Crippen LogP contribution in [0.3, 0.4) is 0 Å². The molecule has 1 unspecified atom stereocenters. The molecule has 0 aliphatic carbocycles. The van der Waals surface area contributed by atoms with E-state index in [0.29, 0.717) is 33.5 Å². The van der Waals surface area contributed by atoms with Crippen molar-refractivity contribution in [2.75, 3.05) is 0 Å². The second kappa shape index (κ2) is 9.19. The van der Waals surface area contributed by atoms with Crippen molar-refractivity contribution in [2.45, 2.75) is 32.7 Å². The van der Waals surface area contributed by atoms with Gasteiger partial charge in [0.25, 0.3) is 5.91 Å². The standard InChI is InChI=1S/C22H21ClN8O/c1-13(2)21-28-29-30-31(21)18-9-15(19-5-4-17(23)11-26-19)8-16(10-18)22(32)27-14(3)20-12-24-6-7-25-20/h4-14H,1-3H3,(H,27,32). The molecule has 0 bridgehead atoms. The lowest BCUT2D eigenvalue weighted by Gasteiger charge is -2.15. The predicted octanol–water partition coefficient (Wildman–Crippen LogP) is 3.78. The number of benzene rings is 1. The number of hydrogen-bond acceptors (Lipinski definition) is 7. The number of tetrazole rings is 1. The molecule has 162 valence electrons. The maximum absolute atomic E-state index is 13.1. The van der Waals surface area contributed by atoms with Crippen molar-refractivity contribution in [1.29, 1.82) is 0 Å². The third kappa shape index (κ3) is 4.62. The molecule has 0 spiro atoms. The second-order valence-corrected chi connectivity index (χ2v) is 8.00. The van der Waals surface area contributed by atoms with Crippen molar-refractivity contribution in [2.24, 2.45) is 0 Å². The number of nitrogens with one attached hydrogen (secondary N) is 1. The number of aromatic nitrogens is 7. The third-order valence-electron chi connectivity index (χ3n) is 4.83. The van der Waals surface area contributed by atoms with Crippen molar-refractivity contribution < 1.29 is 4.79 Å². The number of carbonyl (C=O) groups excluding carboxylic acids is 1. The third-order valence-corrected chi connectivity index (χ3v) is 5.06. The summed E-state index contributed by atoms with van der Waals surface area (Å²) in [6.07, 6.45) is 6.37. The zero-order chi connectivity index (χ0) is 22.7. The molecule has 0 saturated carbocycles. The highest BCUT2D eigenvalue weighted by atomic mass is 35.5. The summed E-state index contributed by atoms with van der Waals surface area (Å²) in [6.45, 7) is 5.86. The molecule has 0 aliphatic rings. The summed E-state index contributed by atoms with van der Waals surface area (Å²) in [5.41, 5.74) is 3.17. The highest BCUT2D eigenvalue weighted by Gasteiger charge is 2.18. The Hall–Kier alpha value is -3.72. The summed E-state index contributed by atoms with van der Waals surface area (Å²) in [5, 5.41) is 15.6. The van der Waals surface area contributed by atoms with Crippen molar-refractivity contribution in [1.82, 2.24) is 40.5 Å². The molecule has 9 nitrogen and oxygen atoms in total. The van der Waals surface area contributed by atoms with Gasteiger partial charge in [0.2, 0.25) is 0 Å². The van der Waals surface area contributed by atoms with Crippen molar-refractivity contribution in [3.8, 4) is 16.9 Å². The highest BCUT2D eigenvalue weighted by molar-refractivity contribution is 6.30. The maximum Gasteiger partial charge on any atom is 0.251 e. The predicted molar refractivity (Wildman–Crippen MR) is 119 cm³/mol. The first kappa shape index (κ1) is 21.5. The van der Waals surface area contributed by atoms with E-state index < -0.39 is 0 Å². The molecule has 0 fully saturated rings. The Balaban J connectivity index is 1.75. The van der Waals surface area contributed by atoms with Crippen LogP contribution in [0.5, 0.6) is 0 Å². The number of amides is 1. The average Bonchev–Trinajstić information content (AvgIpc) is 3.30. The first-order chi connectivity index (χ1) is 15.4. The lowest BCUT2D eigenvalue weighted by Crippen LogP contribution is -2.27. The van der Waals surface area contributed by atoms with Gasteiger partial charge < -0.3 is 5.32 Å². The Bertz CT molecular complexity index is 1220. The van der Waals surface area contributed by atoms with Gasteiger partial charge in [-0.15, -0.1) is 5.10 Å². The molecule has 1 atom stereocenters. The second-order valence-electron chi connectivity index (χ2n) is 7.56. The molecular weight excluding hydrogens is 428 g/mol. The van der Waals surface area contributed by atoms with Gasteiger partial charge in [0.15, 0.2) is 5.82 Å². The van der Waals surface area contributed by atoms with Gasteiger partial charge in [-0.2, -0.15) is 4.68 Å². The minimum atomic E-state index is -0.323. The summed E-state index contributed by atoms with van der Waals surface area (Å²) in [7, 11) is 0. The van der Waals surface area contributed by atoms with Gasteiger partial charge >= 0.3 is 0 Å². The Morgan fingerprint density at radius 1 is 1.06 bits per heavy atom. The van der Waals surface area contributed by atoms with Gasteiger partial charge in [-0.05, 0) is 47.7 Å². The van der Waals surface area contributed by atoms with Crippen LogP contribution in [0.15, 0.2) is 55.1 Å². The van der Waals surface area contributed by atoms with Gasteiger partial charge in [0, 0.05) is 35.6 Å². The Labute approximate surface area is 189 Å². The summed E-state index contributed by atoms with van der Waals surface area (Å²) in [6, 6.07) is 8.65. The summed E-state index contributed by atoms with van der Waals surface area (Å²) in [5.74, 6) is 0.515. The smallest absolute Gasteiger partial charge is 0.251 e. The van der Waals surface area contributed by atoms with Crippen molar-refractivity contribution in [3.63, 3.8) is 0 Å². The number of hydrogen-bond donors (Lipinski definition) is 1. The molecular formula is C22H21ClN8O. The van der Waals surface area contributed by atoms with E-state index in [4.69, 9.17) is 11.6 Å². The lowest BCUT2D eigenvalue weighted by molar-refractivity contribution is 0.0939. The van der Waals surface area contributed by atoms with E-state index >= 15 is 0 Å². The van der Waals surface area contributed by atoms with Crippen LogP contribution in [0.25, 0.3) is 16.9 Å². The summed E-state index contributed by atoms with van der Waals surface area (Å²) < 4.78 is 1.63. The molecule has 10 heteroatoms. The number of halogens is 1. The van der Waals surface area contributed by atoms with Crippen LogP contribution in [-0.4, -0.2) is 41.1 Å². The molecule has 1 aromatic carbocycles. The first-order valence-corrected chi connectivity index (χ1v) is 10.4. The van der Waals surface area contributed by atoms with Crippen LogP contribution in [0.1, 0.15) is 54.6 Å². The maximum atomic E-state index is 13.1. The quantitative estimate of drug-likeness (QED) is 0.477. The zero-order valence-corrected chi connectivity index (χ0v) is 18.5. The van der Waals surface area contributed by atoms with E-state index in [1.807, 2.05) is 26.8 Å². The monoisotopic (exact) mass is 448 g/mol. The summed E-state index contributed by atoms with van der Waals surface area (Å²) in [4.78, 5) is 25.9. The summed E-state index contributed by atoms with van der Waals surface area (Å²) >= 11 is 6.00. The molecule has 3 aromatic heterocycles. The molecule has 0 aliphatic heterocycles. The molecule has 4 aromatic rings. The van der Waals surface area contributed by atoms with Crippen molar-refractivity contribution in [3.05, 3.63) is 77.2 Å². The lowest BCUT2D eigenvalue weighted by atomic mass is 10.0. The van der Waals surface area contributed by atoms with E-state index in [0.717, 1.165) is 5.56 Å². The van der Waals surface area contributed by atoms with Gasteiger partial charge in [0.1, 0.15) is 0 Å². The van der Waals surface area contributed by atoms with E-state index in [1.54, 1.807) is 53.7 Å². The van der Waals surface area contributed by atoms with E-state index in [-0.39, 0.29) is 17.9 Å². The average molecular weight is 449 g/mol. The molecule has 0 saturated heterocycles. The van der Waals surface area contributed by atoms with Gasteiger partial charge in [-0.3, -0.25) is 19.7 Å². The highest BCUT2D eigenvalue weighted by Crippen LogP contribution is 2.25. The SMILES string of the molecule is CC(C)c1nnnn1-c1cc(C(=O)NC(C)c2cnccn2)cc(-c2ccc(Cl)cn2)c1. The largest absolute Gasteiger partial charge is 0.344 e. The number of pyridine rings is 1. The molecule has 3 heterocycles. The van der Waals surface area contributed by atoms with Crippen LogP contribution in [0.4, 0.5) is 0 Å². The van der Waals surface area contributed by atoms with Crippen LogP contribution in [-0.2, 0) is 0 Å². The Kier molecular flexibility index (Phi) is 6.18.